The van der Waals surface area contributed by atoms with Gasteiger partial charge in [-0.3, -0.25) is 9.36 Å². The van der Waals surface area contributed by atoms with E-state index in [0.717, 1.165) is 68.1 Å². The topological polar surface area (TPSA) is 62.1 Å². The minimum Gasteiger partial charge on any atom is -0.370 e. The van der Waals surface area contributed by atoms with Crippen molar-refractivity contribution >= 4 is 33.2 Å². The average molecular weight is 463 g/mol. The molecular weight excluding hydrogens is 436 g/mol. The van der Waals surface area contributed by atoms with E-state index in [1.165, 1.54) is 19.2 Å². The van der Waals surface area contributed by atoms with Gasteiger partial charge in [-0.25, -0.2) is 9.36 Å². The lowest BCUT2D eigenvalue weighted by atomic mass is 10.1. The molecule has 4 heterocycles. The number of halogens is 1. The van der Waals surface area contributed by atoms with Crippen LogP contribution in [0.4, 0.5) is 0 Å². The van der Waals surface area contributed by atoms with Crippen LogP contribution < -0.4 is 21.0 Å². The molecule has 5 rings (SSSR count). The predicted molar refractivity (Wildman–Crippen MR) is 122 cm³/mol. The van der Waals surface area contributed by atoms with Crippen LogP contribution in [0.2, 0.25) is 5.02 Å². The molecule has 0 saturated carbocycles. The number of thiophene rings is 1. The van der Waals surface area contributed by atoms with E-state index in [4.69, 9.17) is 16.3 Å². The Morgan fingerprint density at radius 2 is 1.87 bits per heavy atom. The zero-order valence-corrected chi connectivity index (χ0v) is 19.2. The molecule has 0 spiro atoms. The Labute approximate surface area is 189 Å². The number of fused-ring (bicyclic) bond motifs is 3. The van der Waals surface area contributed by atoms with Crippen molar-refractivity contribution in [3.8, 4) is 5.69 Å². The fourth-order valence-corrected chi connectivity index (χ4v) is 6.22. The van der Waals surface area contributed by atoms with Crippen molar-refractivity contribution in [3.63, 3.8) is 0 Å². The number of aromatic nitrogens is 2. The first-order valence-electron chi connectivity index (χ1n) is 10.8. The molecule has 1 saturated heterocycles. The number of hydrogen-bond acceptors (Lipinski definition) is 4. The second-order valence-corrected chi connectivity index (χ2v) is 10.0. The van der Waals surface area contributed by atoms with Gasteiger partial charge >= 0.3 is 5.69 Å². The molecule has 1 atom stereocenters. The van der Waals surface area contributed by atoms with Crippen molar-refractivity contribution in [1.82, 2.24) is 9.13 Å². The highest BCUT2D eigenvalue weighted by atomic mass is 35.5. The van der Waals surface area contributed by atoms with Gasteiger partial charge < -0.3 is 14.5 Å². The summed E-state index contributed by atoms with van der Waals surface area (Å²) in [6, 6.07) is 6.92. The number of ether oxygens (including phenoxy) is 1. The van der Waals surface area contributed by atoms with Crippen LogP contribution in [0.5, 0.6) is 0 Å². The largest absolute Gasteiger partial charge is 0.370 e. The molecule has 2 N–H and O–H groups in total. The molecule has 0 bridgehead atoms. The number of quaternary nitrogens is 2. The second kappa shape index (κ2) is 8.52. The van der Waals surface area contributed by atoms with Crippen LogP contribution in [-0.2, 0) is 24.2 Å². The first kappa shape index (κ1) is 20.9. The van der Waals surface area contributed by atoms with E-state index in [9.17, 15) is 9.59 Å². The fourth-order valence-electron chi connectivity index (χ4n) is 4.62. The molecule has 2 aliphatic heterocycles. The van der Waals surface area contributed by atoms with Crippen molar-refractivity contribution in [2.24, 2.45) is 0 Å². The summed E-state index contributed by atoms with van der Waals surface area (Å²) in [6.45, 7) is 6.73. The molecule has 0 radical (unpaired) electrons. The summed E-state index contributed by atoms with van der Waals surface area (Å²) in [5.74, 6) is 0. The summed E-state index contributed by atoms with van der Waals surface area (Å²) in [5.41, 5.74) is 1.21. The number of nitrogens with zero attached hydrogens (tertiary/aromatic N) is 2. The first-order valence-corrected chi connectivity index (χ1v) is 12.0. The van der Waals surface area contributed by atoms with Gasteiger partial charge in [-0.2, -0.15) is 0 Å². The molecule has 164 valence electrons. The maximum Gasteiger partial charge on any atom is 0.336 e. The van der Waals surface area contributed by atoms with Gasteiger partial charge in [0.1, 0.15) is 24.5 Å². The maximum absolute atomic E-state index is 13.6. The lowest BCUT2D eigenvalue weighted by Gasteiger charge is -2.24. The quantitative estimate of drug-likeness (QED) is 0.542. The van der Waals surface area contributed by atoms with Crippen molar-refractivity contribution in [2.45, 2.75) is 19.5 Å². The summed E-state index contributed by atoms with van der Waals surface area (Å²) in [5, 5.41) is 1.30. The van der Waals surface area contributed by atoms with Crippen molar-refractivity contribution in [1.29, 1.82) is 0 Å². The molecule has 31 heavy (non-hydrogen) atoms. The second-order valence-electron chi connectivity index (χ2n) is 8.48. The number of rotatable bonds is 4. The Kier molecular flexibility index (Phi) is 5.75. The smallest absolute Gasteiger partial charge is 0.336 e. The minimum absolute atomic E-state index is 0.214. The Morgan fingerprint density at radius 1 is 1.13 bits per heavy atom. The Morgan fingerprint density at radius 3 is 2.61 bits per heavy atom. The molecule has 1 aromatic carbocycles. The van der Waals surface area contributed by atoms with E-state index in [2.05, 4.69) is 7.05 Å². The van der Waals surface area contributed by atoms with Gasteiger partial charge in [-0.1, -0.05) is 11.6 Å². The highest BCUT2D eigenvalue weighted by molar-refractivity contribution is 7.18. The summed E-state index contributed by atoms with van der Waals surface area (Å²) in [6.07, 6.45) is 0.865. The maximum atomic E-state index is 13.6. The van der Waals surface area contributed by atoms with Crippen LogP contribution >= 0.6 is 22.9 Å². The van der Waals surface area contributed by atoms with E-state index >= 15 is 0 Å². The van der Waals surface area contributed by atoms with Crippen LogP contribution in [-0.4, -0.2) is 55.6 Å². The van der Waals surface area contributed by atoms with E-state index in [-0.39, 0.29) is 11.2 Å². The van der Waals surface area contributed by atoms with Gasteiger partial charge in [0, 0.05) is 11.4 Å². The SMILES string of the molecule is C[NH+]1CCc2c(sc3c2c(=O)n(-c2ccc(Cl)cc2)c(=O)n3CC[NH+]2CCOCC2)C1. The third-order valence-electron chi connectivity index (χ3n) is 6.39. The van der Waals surface area contributed by atoms with E-state index < -0.39 is 0 Å². The van der Waals surface area contributed by atoms with E-state index in [1.807, 2.05) is 4.57 Å². The van der Waals surface area contributed by atoms with Crippen LogP contribution in [0.25, 0.3) is 15.9 Å². The van der Waals surface area contributed by atoms with Gasteiger partial charge in [0.25, 0.3) is 5.56 Å². The van der Waals surface area contributed by atoms with Crippen LogP contribution in [0.3, 0.4) is 0 Å². The molecule has 2 aliphatic rings. The van der Waals surface area contributed by atoms with E-state index in [0.29, 0.717) is 17.3 Å². The van der Waals surface area contributed by atoms with Gasteiger partial charge in [0.15, 0.2) is 0 Å². The fraction of sp³-hybridized carbons (Fsp3) is 0.455. The molecular formula is C22H27ClN4O3S+2. The lowest BCUT2D eigenvalue weighted by molar-refractivity contribution is -0.908. The molecule has 0 amide bonds. The molecule has 9 heteroatoms. The first-order chi connectivity index (χ1) is 15.0. The monoisotopic (exact) mass is 462 g/mol. The predicted octanol–water partition coefficient (Wildman–Crippen LogP) is -0.647. The van der Waals surface area contributed by atoms with Gasteiger partial charge in [0.2, 0.25) is 0 Å². The summed E-state index contributed by atoms with van der Waals surface area (Å²) in [4.78, 5) is 32.1. The average Bonchev–Trinajstić information content (AvgIpc) is 3.14. The number of benzene rings is 1. The molecule has 1 fully saturated rings. The minimum atomic E-state index is -0.271. The van der Waals surface area contributed by atoms with Gasteiger partial charge in [-0.15, -0.1) is 11.3 Å². The zero-order chi connectivity index (χ0) is 21.5. The standard InChI is InChI=1S/C22H25ClN4O3S/c1-24-7-6-17-18(14-24)31-21-19(17)20(28)27(16-4-2-15(23)3-5-16)22(29)26(21)9-8-25-10-12-30-13-11-25/h2-5H,6-14H2,1H3/p+2. The Bertz CT molecular complexity index is 1220. The number of morpholine rings is 1. The van der Waals surface area contributed by atoms with Crippen LogP contribution in [0, 0.1) is 0 Å². The van der Waals surface area contributed by atoms with Crippen molar-refractivity contribution in [3.05, 3.63) is 60.6 Å². The number of likely N-dealkylation sites (N-methyl/N-ethyl adjacent to an activating group) is 1. The normalized spacial score (nSPS) is 19.6. The molecule has 0 aliphatic carbocycles. The van der Waals surface area contributed by atoms with Gasteiger partial charge in [0.05, 0.1) is 55.8 Å². The number of hydrogen-bond donors (Lipinski definition) is 2. The summed E-state index contributed by atoms with van der Waals surface area (Å²) < 4.78 is 8.62. The zero-order valence-electron chi connectivity index (χ0n) is 17.6. The molecule has 7 nitrogen and oxygen atoms in total. The van der Waals surface area contributed by atoms with Crippen molar-refractivity contribution < 1.29 is 14.5 Å². The molecule has 1 unspecified atom stereocenters. The van der Waals surface area contributed by atoms with Gasteiger partial charge in [-0.05, 0) is 29.8 Å². The van der Waals surface area contributed by atoms with Crippen molar-refractivity contribution in [2.75, 3.05) is 46.4 Å². The third-order valence-corrected chi connectivity index (χ3v) is 7.90. The lowest BCUT2D eigenvalue weighted by Crippen LogP contribution is -3.14. The highest BCUT2D eigenvalue weighted by Gasteiger charge is 2.27. The summed E-state index contributed by atoms with van der Waals surface area (Å²) in [7, 11) is 2.17. The third kappa shape index (κ3) is 3.87. The van der Waals surface area contributed by atoms with Crippen LogP contribution in [0.1, 0.15) is 10.4 Å². The Balaban J connectivity index is 1.68. The Hall–Kier alpha value is -1.97. The number of nitrogens with one attached hydrogen (secondary N) is 2. The highest BCUT2D eigenvalue weighted by Crippen LogP contribution is 2.30. The van der Waals surface area contributed by atoms with Crippen LogP contribution in [0.15, 0.2) is 33.9 Å². The molecule has 3 aromatic rings. The summed E-state index contributed by atoms with van der Waals surface area (Å²) >= 11 is 7.67. The van der Waals surface area contributed by atoms with E-state index in [1.54, 1.807) is 35.6 Å². The molecule has 2 aromatic heterocycles.